The highest BCUT2D eigenvalue weighted by Crippen LogP contribution is 2.29. The van der Waals surface area contributed by atoms with E-state index in [1.807, 2.05) is 30.3 Å². The minimum Gasteiger partial charge on any atom is -0.452 e. The number of carbonyl (C=O) groups is 2. The molecule has 4 rings (SSSR count). The minimum absolute atomic E-state index is 0.0491. The summed E-state index contributed by atoms with van der Waals surface area (Å²) in [6, 6.07) is 15.5. The number of aryl methyl sites for hydroxylation is 1. The fourth-order valence-corrected chi connectivity index (χ4v) is 3.31. The van der Waals surface area contributed by atoms with Crippen molar-refractivity contribution in [3.8, 4) is 11.3 Å². The topological polar surface area (TPSA) is 72.6 Å². The lowest BCUT2D eigenvalue weighted by molar-refractivity contribution is -0.135. The van der Waals surface area contributed by atoms with E-state index in [1.165, 1.54) is 6.07 Å². The Bertz CT molecular complexity index is 1060. The first-order valence-electron chi connectivity index (χ1n) is 9.76. The second kappa shape index (κ2) is 8.49. The molecule has 0 radical (unpaired) electrons. The highest BCUT2D eigenvalue weighted by atomic mass is 19.1. The molecule has 30 heavy (non-hydrogen) atoms. The second-order valence-corrected chi connectivity index (χ2v) is 7.25. The van der Waals surface area contributed by atoms with Crippen LogP contribution in [0.5, 0.6) is 0 Å². The van der Waals surface area contributed by atoms with Crippen molar-refractivity contribution in [3.63, 3.8) is 0 Å². The molecule has 0 N–H and O–H groups in total. The van der Waals surface area contributed by atoms with Gasteiger partial charge in [-0.3, -0.25) is 4.79 Å². The molecule has 0 unspecified atom stereocenters. The number of halogens is 1. The fraction of sp³-hybridized carbons (Fsp3) is 0.261. The molecule has 0 atom stereocenters. The van der Waals surface area contributed by atoms with E-state index in [-0.39, 0.29) is 29.9 Å². The summed E-state index contributed by atoms with van der Waals surface area (Å²) in [5.74, 6) is -1.08. The maximum absolute atomic E-state index is 14.0. The lowest BCUT2D eigenvalue weighted by Crippen LogP contribution is -2.36. The van der Waals surface area contributed by atoms with Gasteiger partial charge in [-0.1, -0.05) is 53.7 Å². The maximum Gasteiger partial charge on any atom is 0.344 e. The van der Waals surface area contributed by atoms with Gasteiger partial charge in [-0.2, -0.15) is 0 Å². The molecule has 6 nitrogen and oxygen atoms in total. The van der Waals surface area contributed by atoms with Gasteiger partial charge in [-0.15, -0.1) is 0 Å². The zero-order valence-electron chi connectivity index (χ0n) is 16.5. The summed E-state index contributed by atoms with van der Waals surface area (Å²) in [5, 5.41) is 3.96. The summed E-state index contributed by atoms with van der Waals surface area (Å²) in [6.07, 6.45) is 1.72. The molecule has 1 saturated carbocycles. The van der Waals surface area contributed by atoms with Crippen LogP contribution in [0.25, 0.3) is 11.3 Å². The van der Waals surface area contributed by atoms with Crippen molar-refractivity contribution in [1.82, 2.24) is 10.1 Å². The first kappa shape index (κ1) is 19.8. The summed E-state index contributed by atoms with van der Waals surface area (Å²) in [5.41, 5.74) is 1.72. The Balaban J connectivity index is 1.45. The van der Waals surface area contributed by atoms with E-state index in [4.69, 9.17) is 9.26 Å². The lowest BCUT2D eigenvalue weighted by atomic mass is 10.1. The summed E-state index contributed by atoms with van der Waals surface area (Å²) in [7, 11) is 0. The lowest BCUT2D eigenvalue weighted by Gasteiger charge is -2.22. The van der Waals surface area contributed by atoms with Crippen LogP contribution in [0.4, 0.5) is 4.39 Å². The predicted octanol–water partition coefficient (Wildman–Crippen LogP) is 4.14. The first-order chi connectivity index (χ1) is 14.5. The average molecular weight is 408 g/mol. The monoisotopic (exact) mass is 408 g/mol. The van der Waals surface area contributed by atoms with Gasteiger partial charge in [0.05, 0.1) is 0 Å². The Morgan fingerprint density at radius 2 is 1.83 bits per heavy atom. The van der Waals surface area contributed by atoms with Crippen molar-refractivity contribution in [1.29, 1.82) is 0 Å². The molecule has 3 aromatic rings. The molecule has 1 fully saturated rings. The van der Waals surface area contributed by atoms with E-state index in [9.17, 15) is 14.0 Å². The number of rotatable bonds is 7. The Labute approximate surface area is 173 Å². The Hall–Kier alpha value is -3.48. The molecule has 154 valence electrons. The molecule has 7 heteroatoms. The summed E-state index contributed by atoms with van der Waals surface area (Å²) < 4.78 is 24.5. The molecule has 0 aliphatic heterocycles. The van der Waals surface area contributed by atoms with Gasteiger partial charge in [0.15, 0.2) is 6.61 Å². The molecular weight excluding hydrogens is 387 g/mol. The molecule has 1 aromatic heterocycles. The number of nitrogens with zero attached hydrogens (tertiary/aromatic N) is 2. The van der Waals surface area contributed by atoms with Crippen molar-refractivity contribution in [2.45, 2.75) is 32.4 Å². The number of hydrogen-bond acceptors (Lipinski definition) is 5. The highest BCUT2D eigenvalue weighted by Gasteiger charge is 2.34. The molecule has 1 amide bonds. The van der Waals surface area contributed by atoms with E-state index in [0.29, 0.717) is 22.6 Å². The van der Waals surface area contributed by atoms with E-state index in [0.717, 1.165) is 12.8 Å². The molecule has 1 aliphatic rings. The SMILES string of the molecule is Cc1onc(-c2ccccc2)c1C(=O)OCC(=O)N(Cc1ccccc1F)C1CC1. The molecule has 1 aliphatic carbocycles. The van der Waals surface area contributed by atoms with Gasteiger partial charge in [-0.25, -0.2) is 9.18 Å². The number of benzene rings is 2. The van der Waals surface area contributed by atoms with Crippen LogP contribution >= 0.6 is 0 Å². The van der Waals surface area contributed by atoms with Crippen LogP contribution in [-0.4, -0.2) is 34.6 Å². The van der Waals surface area contributed by atoms with Crippen LogP contribution in [-0.2, 0) is 16.1 Å². The second-order valence-electron chi connectivity index (χ2n) is 7.25. The van der Waals surface area contributed by atoms with Gasteiger partial charge in [0.1, 0.15) is 22.8 Å². The third-order valence-corrected chi connectivity index (χ3v) is 5.05. The van der Waals surface area contributed by atoms with Crippen LogP contribution in [0, 0.1) is 12.7 Å². The first-order valence-corrected chi connectivity index (χ1v) is 9.76. The fourth-order valence-electron chi connectivity index (χ4n) is 3.31. The van der Waals surface area contributed by atoms with E-state index < -0.39 is 12.6 Å². The maximum atomic E-state index is 14.0. The zero-order chi connectivity index (χ0) is 21.1. The zero-order valence-corrected chi connectivity index (χ0v) is 16.5. The van der Waals surface area contributed by atoms with Crippen molar-refractivity contribution in [2.24, 2.45) is 0 Å². The third-order valence-electron chi connectivity index (χ3n) is 5.05. The van der Waals surface area contributed by atoms with Gasteiger partial charge in [0, 0.05) is 23.7 Å². The Kier molecular flexibility index (Phi) is 5.61. The highest BCUT2D eigenvalue weighted by molar-refractivity contribution is 5.98. The van der Waals surface area contributed by atoms with E-state index >= 15 is 0 Å². The minimum atomic E-state index is -0.678. The molecule has 0 bridgehead atoms. The van der Waals surface area contributed by atoms with Gasteiger partial charge in [-0.05, 0) is 25.8 Å². The molecule has 0 spiro atoms. The van der Waals surface area contributed by atoms with Crippen LogP contribution in [0.2, 0.25) is 0 Å². The molecular formula is C23H21FN2O4. The van der Waals surface area contributed by atoms with Crippen molar-refractivity contribution < 1.29 is 23.2 Å². The predicted molar refractivity (Wildman–Crippen MR) is 107 cm³/mol. The number of carbonyl (C=O) groups excluding carboxylic acids is 2. The summed E-state index contributed by atoms with van der Waals surface area (Å²) in [4.78, 5) is 27.0. The van der Waals surface area contributed by atoms with Crippen LogP contribution in [0.1, 0.15) is 34.5 Å². The van der Waals surface area contributed by atoms with Crippen LogP contribution in [0.3, 0.4) is 0 Å². The Morgan fingerprint density at radius 1 is 1.13 bits per heavy atom. The number of esters is 1. The summed E-state index contributed by atoms with van der Waals surface area (Å²) in [6.45, 7) is 1.34. The van der Waals surface area contributed by atoms with Gasteiger partial charge in [0.2, 0.25) is 0 Å². The van der Waals surface area contributed by atoms with E-state index in [2.05, 4.69) is 5.16 Å². The number of amides is 1. The normalized spacial score (nSPS) is 13.1. The molecule has 1 heterocycles. The number of aromatic nitrogens is 1. The molecule has 2 aromatic carbocycles. The van der Waals surface area contributed by atoms with Crippen molar-refractivity contribution in [2.75, 3.05) is 6.61 Å². The number of hydrogen-bond donors (Lipinski definition) is 0. The van der Waals surface area contributed by atoms with E-state index in [1.54, 1.807) is 30.0 Å². The quantitative estimate of drug-likeness (QED) is 0.550. The smallest absolute Gasteiger partial charge is 0.344 e. The average Bonchev–Trinajstić information content (AvgIpc) is 3.52. The van der Waals surface area contributed by atoms with Crippen LogP contribution in [0.15, 0.2) is 59.1 Å². The van der Waals surface area contributed by atoms with Gasteiger partial charge >= 0.3 is 5.97 Å². The largest absolute Gasteiger partial charge is 0.452 e. The van der Waals surface area contributed by atoms with Crippen molar-refractivity contribution >= 4 is 11.9 Å². The molecule has 0 saturated heterocycles. The number of ether oxygens (including phenoxy) is 1. The van der Waals surface area contributed by atoms with Crippen molar-refractivity contribution in [3.05, 3.63) is 77.3 Å². The standard InChI is InChI=1S/C23H21FN2O4/c1-15-21(22(25-30-15)16-7-3-2-4-8-16)23(28)29-14-20(27)26(18-11-12-18)13-17-9-5-6-10-19(17)24/h2-10,18H,11-14H2,1H3. The van der Waals surface area contributed by atoms with Gasteiger partial charge < -0.3 is 14.2 Å². The Morgan fingerprint density at radius 3 is 2.53 bits per heavy atom. The third kappa shape index (κ3) is 4.25. The van der Waals surface area contributed by atoms with Gasteiger partial charge in [0.25, 0.3) is 5.91 Å². The van der Waals surface area contributed by atoms with Crippen LogP contribution < -0.4 is 0 Å². The summed E-state index contributed by atoms with van der Waals surface area (Å²) >= 11 is 0.